The predicted molar refractivity (Wildman–Crippen MR) is 139 cm³/mol. The highest BCUT2D eigenvalue weighted by Crippen LogP contribution is 2.32. The third kappa shape index (κ3) is 4.43. The van der Waals surface area contributed by atoms with Crippen molar-refractivity contribution in [2.45, 2.75) is 51.6 Å². The molecule has 0 radical (unpaired) electrons. The van der Waals surface area contributed by atoms with Gasteiger partial charge in [-0.2, -0.15) is 0 Å². The van der Waals surface area contributed by atoms with Crippen molar-refractivity contribution >= 4 is 28.3 Å². The van der Waals surface area contributed by atoms with Crippen molar-refractivity contribution in [1.82, 2.24) is 19.5 Å². The summed E-state index contributed by atoms with van der Waals surface area (Å²) in [4.78, 5) is 26.6. The van der Waals surface area contributed by atoms with Crippen LogP contribution in [0.5, 0.6) is 0 Å². The van der Waals surface area contributed by atoms with Gasteiger partial charge in [-0.15, -0.1) is 0 Å². The SMILES string of the molecule is Cc1ccc(C(=N)c2c(N)ncnc2NC(C)c2nc3cccc(F)c3c(=O)n2C2CCCC2)cc1F. The minimum Gasteiger partial charge on any atom is -0.383 e. The van der Waals surface area contributed by atoms with Crippen LogP contribution in [0, 0.1) is 24.0 Å². The summed E-state index contributed by atoms with van der Waals surface area (Å²) >= 11 is 0. The van der Waals surface area contributed by atoms with Crippen molar-refractivity contribution in [3.05, 3.63) is 87.2 Å². The number of fused-ring (bicyclic) bond motifs is 1. The van der Waals surface area contributed by atoms with E-state index in [1.54, 1.807) is 29.7 Å². The third-order valence-corrected chi connectivity index (χ3v) is 6.92. The van der Waals surface area contributed by atoms with Crippen molar-refractivity contribution < 1.29 is 8.78 Å². The molecule has 37 heavy (non-hydrogen) atoms. The van der Waals surface area contributed by atoms with Gasteiger partial charge in [-0.05, 0) is 50.5 Å². The lowest BCUT2D eigenvalue weighted by molar-refractivity contribution is 0.465. The van der Waals surface area contributed by atoms with Crippen LogP contribution in [0.4, 0.5) is 20.4 Å². The Kier molecular flexibility index (Phi) is 6.41. The molecule has 4 aromatic rings. The molecule has 1 atom stereocenters. The van der Waals surface area contributed by atoms with E-state index in [0.717, 1.165) is 25.7 Å². The number of nitrogen functional groups attached to an aromatic ring is 1. The van der Waals surface area contributed by atoms with Crippen LogP contribution < -0.4 is 16.6 Å². The second kappa shape index (κ2) is 9.68. The van der Waals surface area contributed by atoms with Crippen molar-refractivity contribution in [3.63, 3.8) is 0 Å². The number of hydrogen-bond donors (Lipinski definition) is 3. The summed E-state index contributed by atoms with van der Waals surface area (Å²) in [5.74, 6) is -0.298. The van der Waals surface area contributed by atoms with Crippen molar-refractivity contribution in [3.8, 4) is 0 Å². The number of nitrogens with one attached hydrogen (secondary N) is 2. The molecule has 190 valence electrons. The fraction of sp³-hybridized carbons (Fsp3) is 0.296. The van der Waals surface area contributed by atoms with Crippen LogP contribution in [-0.4, -0.2) is 25.2 Å². The average molecular weight is 504 g/mol. The van der Waals surface area contributed by atoms with Crippen LogP contribution in [0.2, 0.25) is 0 Å². The summed E-state index contributed by atoms with van der Waals surface area (Å²) in [5.41, 5.74) is 6.95. The molecule has 2 aromatic carbocycles. The molecule has 0 spiro atoms. The molecule has 0 aliphatic heterocycles. The summed E-state index contributed by atoms with van der Waals surface area (Å²) in [6.07, 6.45) is 4.83. The highest BCUT2D eigenvalue weighted by molar-refractivity contribution is 6.16. The van der Waals surface area contributed by atoms with Crippen LogP contribution in [-0.2, 0) is 0 Å². The van der Waals surface area contributed by atoms with Gasteiger partial charge in [-0.1, -0.05) is 31.0 Å². The van der Waals surface area contributed by atoms with Crippen LogP contribution in [0.3, 0.4) is 0 Å². The molecule has 5 rings (SSSR count). The van der Waals surface area contributed by atoms with Gasteiger partial charge in [0.1, 0.15) is 40.8 Å². The third-order valence-electron chi connectivity index (χ3n) is 6.92. The van der Waals surface area contributed by atoms with Gasteiger partial charge in [0, 0.05) is 11.6 Å². The molecule has 0 amide bonds. The zero-order chi connectivity index (χ0) is 26.3. The molecular formula is C27H27F2N7O. The molecule has 1 fully saturated rings. The zero-order valence-electron chi connectivity index (χ0n) is 20.6. The summed E-state index contributed by atoms with van der Waals surface area (Å²) in [5, 5.41) is 11.9. The summed E-state index contributed by atoms with van der Waals surface area (Å²) in [6, 6.07) is 8.26. The van der Waals surface area contributed by atoms with Crippen LogP contribution in [0.1, 0.15) is 67.2 Å². The first-order valence-electron chi connectivity index (χ1n) is 12.2. The van der Waals surface area contributed by atoms with Crippen molar-refractivity contribution in [2.75, 3.05) is 11.1 Å². The quantitative estimate of drug-likeness (QED) is 0.316. The first-order chi connectivity index (χ1) is 17.8. The summed E-state index contributed by atoms with van der Waals surface area (Å²) < 4.78 is 30.5. The fourth-order valence-corrected chi connectivity index (χ4v) is 4.96. The maximum atomic E-state index is 14.6. The van der Waals surface area contributed by atoms with E-state index in [0.29, 0.717) is 17.0 Å². The maximum absolute atomic E-state index is 14.6. The molecule has 0 saturated heterocycles. The number of nitrogens with zero attached hydrogens (tertiary/aromatic N) is 4. The van der Waals surface area contributed by atoms with E-state index < -0.39 is 23.2 Å². The van der Waals surface area contributed by atoms with Crippen LogP contribution in [0.25, 0.3) is 10.9 Å². The lowest BCUT2D eigenvalue weighted by Crippen LogP contribution is -2.31. The molecule has 2 heterocycles. The predicted octanol–water partition coefficient (Wildman–Crippen LogP) is 5.06. The lowest BCUT2D eigenvalue weighted by atomic mass is 10.0. The highest BCUT2D eigenvalue weighted by atomic mass is 19.1. The Morgan fingerprint density at radius 2 is 1.92 bits per heavy atom. The molecule has 8 nitrogen and oxygen atoms in total. The van der Waals surface area contributed by atoms with E-state index in [1.807, 2.05) is 6.92 Å². The van der Waals surface area contributed by atoms with E-state index in [-0.39, 0.29) is 39.9 Å². The molecule has 1 unspecified atom stereocenters. The first kappa shape index (κ1) is 24.5. The molecule has 1 aliphatic rings. The zero-order valence-corrected chi connectivity index (χ0v) is 20.6. The average Bonchev–Trinajstić information content (AvgIpc) is 3.39. The Balaban J connectivity index is 1.59. The molecule has 0 bridgehead atoms. The molecule has 4 N–H and O–H groups in total. The Hall–Kier alpha value is -4.21. The molecule has 1 aliphatic carbocycles. The highest BCUT2D eigenvalue weighted by Gasteiger charge is 2.27. The van der Waals surface area contributed by atoms with E-state index in [4.69, 9.17) is 16.1 Å². The van der Waals surface area contributed by atoms with Gasteiger partial charge in [0.25, 0.3) is 5.56 Å². The van der Waals surface area contributed by atoms with Gasteiger partial charge in [0.2, 0.25) is 0 Å². The largest absolute Gasteiger partial charge is 0.383 e. The topological polar surface area (TPSA) is 123 Å². The van der Waals surface area contributed by atoms with Gasteiger partial charge in [0.15, 0.2) is 0 Å². The summed E-state index contributed by atoms with van der Waals surface area (Å²) in [6.45, 7) is 3.46. The normalized spacial score (nSPS) is 14.7. The van der Waals surface area contributed by atoms with E-state index in [2.05, 4.69) is 15.3 Å². The summed E-state index contributed by atoms with van der Waals surface area (Å²) in [7, 11) is 0. The van der Waals surface area contributed by atoms with Gasteiger partial charge < -0.3 is 11.1 Å². The van der Waals surface area contributed by atoms with E-state index >= 15 is 0 Å². The minimum atomic E-state index is -0.599. The minimum absolute atomic E-state index is 0.0273. The monoisotopic (exact) mass is 503 g/mol. The van der Waals surface area contributed by atoms with Gasteiger partial charge in [0.05, 0.1) is 22.8 Å². The Morgan fingerprint density at radius 1 is 1.16 bits per heavy atom. The number of halogens is 2. The number of nitrogens with two attached hydrogens (primary N) is 1. The van der Waals surface area contributed by atoms with Crippen LogP contribution >= 0.6 is 0 Å². The standard InChI is InChI=1S/C27H27F2N7O/c1-14-10-11-16(12-19(14)29)23(30)22-24(31)32-13-33-25(22)34-15(2)26-35-20-9-5-8-18(28)21(20)27(37)36(26)17-6-3-4-7-17/h5,8-13,15,17,30H,3-4,6-7H2,1-2H3,(H3,31,32,33,34). The number of hydrogen-bond acceptors (Lipinski definition) is 7. The van der Waals surface area contributed by atoms with Crippen molar-refractivity contribution in [2.24, 2.45) is 0 Å². The number of benzene rings is 2. The second-order valence-corrected chi connectivity index (χ2v) is 9.40. The van der Waals surface area contributed by atoms with E-state index in [9.17, 15) is 13.6 Å². The lowest BCUT2D eigenvalue weighted by Gasteiger charge is -2.24. The molecule has 10 heteroatoms. The number of aromatic nitrogens is 4. The van der Waals surface area contributed by atoms with Crippen molar-refractivity contribution in [1.29, 1.82) is 5.41 Å². The number of rotatable bonds is 6. The number of anilines is 2. The van der Waals surface area contributed by atoms with Gasteiger partial charge >= 0.3 is 0 Å². The molecular weight excluding hydrogens is 476 g/mol. The van der Waals surface area contributed by atoms with Gasteiger partial charge in [-0.3, -0.25) is 14.8 Å². The Labute approximate surface area is 212 Å². The second-order valence-electron chi connectivity index (χ2n) is 9.40. The van der Waals surface area contributed by atoms with Gasteiger partial charge in [-0.25, -0.2) is 23.7 Å². The van der Waals surface area contributed by atoms with E-state index in [1.165, 1.54) is 24.5 Å². The molecule has 2 aromatic heterocycles. The molecule has 1 saturated carbocycles. The smallest absolute Gasteiger partial charge is 0.264 e. The first-order valence-corrected chi connectivity index (χ1v) is 12.2. The number of aryl methyl sites for hydroxylation is 1. The maximum Gasteiger partial charge on any atom is 0.264 e. The fourth-order valence-electron chi connectivity index (χ4n) is 4.96. The van der Waals surface area contributed by atoms with Crippen LogP contribution in [0.15, 0.2) is 47.5 Å². The Morgan fingerprint density at radius 3 is 2.65 bits per heavy atom. The Bertz CT molecular complexity index is 1580.